The summed E-state index contributed by atoms with van der Waals surface area (Å²) in [5.74, 6) is 2.26. The van der Waals surface area contributed by atoms with Crippen LogP contribution in [0.15, 0.2) is 83.3 Å². The summed E-state index contributed by atoms with van der Waals surface area (Å²) in [6, 6.07) is 32.7. The summed E-state index contributed by atoms with van der Waals surface area (Å²) in [6.07, 6.45) is 8.58. The first-order valence-electron chi connectivity index (χ1n) is 26.5. The van der Waals surface area contributed by atoms with Gasteiger partial charge in [-0.15, -0.1) is 0 Å². The molecule has 3 nitrogen and oxygen atoms in total. The Morgan fingerprint density at radius 3 is 1.71 bits per heavy atom. The largest absolute Gasteiger partial charge is 0.440 e. The van der Waals surface area contributed by atoms with Gasteiger partial charge in [-0.05, 0) is 205 Å². The molecular weight excluding hydrogens is 824 g/mol. The van der Waals surface area contributed by atoms with Gasteiger partial charge >= 0.3 is 0 Å². The van der Waals surface area contributed by atoms with Gasteiger partial charge in [0, 0.05) is 39.3 Å². The number of nitrogens with zero attached hydrogens (tertiary/aromatic N) is 2. The van der Waals surface area contributed by atoms with Crippen LogP contribution in [0.2, 0.25) is 0 Å². The van der Waals surface area contributed by atoms with Crippen LogP contribution < -0.4 is 26.2 Å². The second kappa shape index (κ2) is 13.8. The van der Waals surface area contributed by atoms with Gasteiger partial charge in [-0.25, -0.2) is 0 Å². The molecule has 5 aromatic carbocycles. The van der Waals surface area contributed by atoms with Crippen molar-refractivity contribution in [1.82, 2.24) is 0 Å². The molecule has 352 valence electrons. The summed E-state index contributed by atoms with van der Waals surface area (Å²) in [5, 5.41) is 1.30. The summed E-state index contributed by atoms with van der Waals surface area (Å²) >= 11 is 0. The van der Waals surface area contributed by atoms with E-state index in [1.165, 1.54) is 134 Å². The van der Waals surface area contributed by atoms with Gasteiger partial charge in [0.1, 0.15) is 5.58 Å². The normalized spacial score (nSPS) is 24.5. The van der Waals surface area contributed by atoms with Crippen molar-refractivity contribution < 1.29 is 4.42 Å². The molecule has 6 aliphatic rings. The zero-order valence-electron chi connectivity index (χ0n) is 44.5. The van der Waals surface area contributed by atoms with E-state index in [1.54, 1.807) is 5.56 Å². The number of hydrogen-bond donors (Lipinski definition) is 0. The van der Waals surface area contributed by atoms with Gasteiger partial charge in [-0.3, -0.25) is 4.90 Å². The van der Waals surface area contributed by atoms with Gasteiger partial charge in [0.05, 0.1) is 0 Å². The van der Waals surface area contributed by atoms with Crippen LogP contribution in [-0.2, 0) is 37.9 Å². The Morgan fingerprint density at radius 1 is 0.529 bits per heavy atom. The number of rotatable bonds is 2. The average molecular weight is 901 g/mol. The predicted octanol–water partition coefficient (Wildman–Crippen LogP) is 16.0. The van der Waals surface area contributed by atoms with Crippen LogP contribution >= 0.6 is 0 Å². The van der Waals surface area contributed by atoms with E-state index in [2.05, 4.69) is 199 Å². The molecule has 2 unspecified atom stereocenters. The summed E-state index contributed by atoms with van der Waals surface area (Å²) in [6.45, 7) is 39.0. The van der Waals surface area contributed by atoms with Crippen molar-refractivity contribution in [3.63, 3.8) is 0 Å². The molecule has 0 saturated heterocycles. The van der Waals surface area contributed by atoms with E-state index < -0.39 is 0 Å². The van der Waals surface area contributed by atoms with Crippen molar-refractivity contribution in [3.8, 4) is 0 Å². The van der Waals surface area contributed by atoms with Crippen molar-refractivity contribution in [2.24, 2.45) is 5.92 Å². The molecule has 1 saturated carbocycles. The van der Waals surface area contributed by atoms with E-state index in [0.29, 0.717) is 5.92 Å². The summed E-state index contributed by atoms with van der Waals surface area (Å²) < 4.78 is 7.70. The maximum atomic E-state index is 7.70. The van der Waals surface area contributed by atoms with E-state index in [-0.39, 0.29) is 44.6 Å². The molecule has 0 radical (unpaired) electrons. The minimum Gasteiger partial charge on any atom is -0.440 e. The van der Waals surface area contributed by atoms with Crippen LogP contribution in [0.5, 0.6) is 0 Å². The first kappa shape index (κ1) is 44.5. The maximum Gasteiger partial charge on any atom is 0.257 e. The van der Waals surface area contributed by atoms with E-state index in [1.807, 2.05) is 0 Å². The van der Waals surface area contributed by atoms with Gasteiger partial charge in [-0.1, -0.05) is 135 Å². The highest BCUT2D eigenvalue weighted by Crippen LogP contribution is 2.58. The highest BCUT2D eigenvalue weighted by molar-refractivity contribution is 7.01. The molecule has 0 amide bonds. The molecule has 2 bridgehead atoms. The number of hydrogen-bond acceptors (Lipinski definition) is 3. The van der Waals surface area contributed by atoms with Gasteiger partial charge in [-0.2, -0.15) is 0 Å². The highest BCUT2D eigenvalue weighted by atomic mass is 16.4. The van der Waals surface area contributed by atoms with Crippen LogP contribution in [0.4, 0.5) is 34.3 Å². The van der Waals surface area contributed by atoms with Crippen molar-refractivity contribution in [1.29, 1.82) is 0 Å². The van der Waals surface area contributed by atoms with Crippen molar-refractivity contribution in [2.45, 2.75) is 200 Å². The number of benzene rings is 5. The van der Waals surface area contributed by atoms with Gasteiger partial charge < -0.3 is 9.32 Å². The smallest absolute Gasteiger partial charge is 0.257 e. The van der Waals surface area contributed by atoms with Gasteiger partial charge in [0.15, 0.2) is 0 Å². The highest BCUT2D eigenvalue weighted by Gasteiger charge is 2.51. The van der Waals surface area contributed by atoms with Gasteiger partial charge in [0.2, 0.25) is 5.88 Å². The molecule has 6 aromatic rings. The fourth-order valence-electron chi connectivity index (χ4n) is 14.5. The molecule has 3 atom stereocenters. The van der Waals surface area contributed by atoms with Crippen LogP contribution in [0, 0.1) is 5.92 Å². The maximum absolute atomic E-state index is 7.70. The second-order valence-electron chi connectivity index (χ2n) is 27.9. The molecule has 4 aliphatic carbocycles. The zero-order valence-corrected chi connectivity index (χ0v) is 44.5. The zero-order chi connectivity index (χ0) is 48.2. The lowest BCUT2D eigenvalue weighted by atomic mass is 9.33. The van der Waals surface area contributed by atoms with Crippen LogP contribution in [0.25, 0.3) is 11.0 Å². The van der Waals surface area contributed by atoms with Crippen LogP contribution in [-0.4, -0.2) is 6.71 Å². The Bertz CT molecular complexity index is 3120. The standard InChI is InChI=1S/C64H77BN2O/c1-37-38-23-24-64(16,36-38)46-35-54-44(32-43(37)46)55-57(68-54)67(42-21-22-45-47(31-42)61(10,11)26-25-60(45,8)9)53-30-40(59(5,6)7)29-52-56(53)65(55)50-33-48-49(63(14,15)28-27-62(48,12)13)34-51(50)66(52)41-19-17-39(18-20-41)58(2,3)4/h17-22,29-35,37-38H,23-28,36H2,1-16H3/t37?,38-,64?/m0/s1. The lowest BCUT2D eigenvalue weighted by Gasteiger charge is -2.47. The molecule has 68 heavy (non-hydrogen) atoms. The molecular formula is C64H77BN2O. The summed E-state index contributed by atoms with van der Waals surface area (Å²) in [4.78, 5) is 5.27. The minimum absolute atomic E-state index is 0.0231. The first-order chi connectivity index (χ1) is 31.7. The monoisotopic (exact) mass is 901 g/mol. The predicted molar refractivity (Wildman–Crippen MR) is 291 cm³/mol. The number of fused-ring (bicyclic) bond motifs is 12. The molecule has 0 N–H and O–H groups in total. The Balaban J connectivity index is 1.23. The Hall–Kier alpha value is -4.70. The molecule has 0 spiro atoms. The quantitative estimate of drug-likeness (QED) is 0.161. The molecule has 4 heteroatoms. The van der Waals surface area contributed by atoms with E-state index in [9.17, 15) is 0 Å². The number of furan rings is 1. The van der Waals surface area contributed by atoms with E-state index in [4.69, 9.17) is 4.42 Å². The topological polar surface area (TPSA) is 19.6 Å². The molecule has 3 heterocycles. The fraction of sp³-hybridized carbons (Fsp3) is 0.500. The molecule has 1 fully saturated rings. The first-order valence-corrected chi connectivity index (χ1v) is 26.5. The third kappa shape index (κ3) is 6.22. The molecule has 1 aromatic heterocycles. The third-order valence-corrected chi connectivity index (χ3v) is 19.4. The third-order valence-electron chi connectivity index (χ3n) is 19.4. The molecule has 2 aliphatic heterocycles. The average Bonchev–Trinajstić information content (AvgIpc) is 3.83. The van der Waals surface area contributed by atoms with Crippen molar-refractivity contribution >= 4 is 68.4 Å². The summed E-state index contributed by atoms with van der Waals surface area (Å²) in [5.41, 5.74) is 23.6. The lowest BCUT2D eigenvalue weighted by molar-refractivity contribution is 0.332. The second-order valence-corrected chi connectivity index (χ2v) is 27.9. The van der Waals surface area contributed by atoms with Crippen LogP contribution in [0.3, 0.4) is 0 Å². The molecule has 12 rings (SSSR count). The lowest BCUT2D eigenvalue weighted by Crippen LogP contribution is -2.61. The fourth-order valence-corrected chi connectivity index (χ4v) is 14.5. The SMILES string of the molecule is CC1c2cc3c4c(oc3cc2C2(C)CC[C@H]1C2)N(c1ccc2c(c1)C(C)(C)CCC2(C)C)c1cc(C(C)(C)C)cc2c1B4c1cc3c(cc1N2c1ccc(C(C)(C)C)cc1)C(C)(C)CCC3(C)C. The Kier molecular flexibility index (Phi) is 9.03. The van der Waals surface area contributed by atoms with Crippen molar-refractivity contribution in [3.05, 3.63) is 123 Å². The number of anilines is 6. The van der Waals surface area contributed by atoms with Crippen LogP contribution in [0.1, 0.15) is 206 Å². The van der Waals surface area contributed by atoms with Gasteiger partial charge in [0.25, 0.3) is 6.71 Å². The van der Waals surface area contributed by atoms with E-state index in [0.717, 1.165) is 17.4 Å². The Labute approximate surface area is 409 Å². The van der Waals surface area contributed by atoms with Crippen molar-refractivity contribution in [2.75, 3.05) is 9.80 Å². The summed E-state index contributed by atoms with van der Waals surface area (Å²) in [7, 11) is 0. The minimum atomic E-state index is -0.115. The van der Waals surface area contributed by atoms with E-state index >= 15 is 0 Å². The Morgan fingerprint density at radius 2 is 1.09 bits per heavy atom.